The smallest absolute Gasteiger partial charge is 0.325 e. The van der Waals surface area contributed by atoms with Gasteiger partial charge in [0.25, 0.3) is 0 Å². The first kappa shape index (κ1) is 13.6. The van der Waals surface area contributed by atoms with Crippen LogP contribution in [0, 0.1) is 0 Å². The Morgan fingerprint density at radius 2 is 1.90 bits per heavy atom. The highest BCUT2D eigenvalue weighted by Gasteiger charge is 2.35. The fraction of sp³-hybridized carbons (Fsp3) is 0.333. The number of para-hydroxylation sites is 1. The van der Waals surface area contributed by atoms with Crippen LogP contribution < -0.4 is 4.90 Å². The van der Waals surface area contributed by atoms with Crippen molar-refractivity contribution in [3.63, 3.8) is 0 Å². The van der Waals surface area contributed by atoms with Crippen molar-refractivity contribution in [3.05, 3.63) is 54.1 Å². The molecule has 20 heavy (non-hydrogen) atoms. The summed E-state index contributed by atoms with van der Waals surface area (Å²) in [7, 11) is -3.90. The zero-order chi connectivity index (χ0) is 14.2. The Hall–Kier alpha value is -1.35. The van der Waals surface area contributed by atoms with E-state index in [0.717, 1.165) is 0 Å². The lowest BCUT2D eigenvalue weighted by Gasteiger charge is -2.28. The number of benzene rings is 1. The van der Waals surface area contributed by atoms with E-state index in [-0.39, 0.29) is 12.2 Å². The number of allylic oxidation sites excluding steroid dienone is 2. The third kappa shape index (κ3) is 2.59. The van der Waals surface area contributed by atoms with Crippen molar-refractivity contribution in [2.24, 2.45) is 0 Å². The molecule has 0 saturated heterocycles. The maximum Gasteiger partial charge on any atom is 0.325 e. The zero-order valence-corrected chi connectivity index (χ0v) is 12.0. The van der Waals surface area contributed by atoms with E-state index in [2.05, 4.69) is 35.3 Å². The second-order valence-corrected chi connectivity index (χ2v) is 7.06. The predicted octanol–water partition coefficient (Wildman–Crippen LogP) is 2.65. The van der Waals surface area contributed by atoms with Gasteiger partial charge in [-0.1, -0.05) is 42.5 Å². The number of hydrogen-bond donors (Lipinski definition) is 2. The molecule has 0 aromatic heterocycles. The molecule has 2 atom stereocenters. The van der Waals surface area contributed by atoms with Crippen LogP contribution in [0.1, 0.15) is 17.9 Å². The van der Waals surface area contributed by atoms with E-state index in [4.69, 9.17) is 9.79 Å². The van der Waals surface area contributed by atoms with Gasteiger partial charge in [-0.25, -0.2) is 0 Å². The molecule has 1 aliphatic carbocycles. The van der Waals surface area contributed by atoms with Crippen molar-refractivity contribution in [3.8, 4) is 0 Å². The van der Waals surface area contributed by atoms with Gasteiger partial charge in [0, 0.05) is 18.2 Å². The van der Waals surface area contributed by atoms with Gasteiger partial charge in [-0.15, -0.1) is 0 Å². The van der Waals surface area contributed by atoms with E-state index in [1.165, 1.54) is 11.3 Å². The average molecular weight is 291 g/mol. The summed E-state index contributed by atoms with van der Waals surface area (Å²) in [6.45, 7) is 0.668. The van der Waals surface area contributed by atoms with Gasteiger partial charge in [0.2, 0.25) is 0 Å². The molecule has 1 heterocycles. The van der Waals surface area contributed by atoms with E-state index in [1.54, 1.807) is 0 Å². The van der Waals surface area contributed by atoms with Gasteiger partial charge in [0.1, 0.15) is 0 Å². The summed E-state index contributed by atoms with van der Waals surface area (Å²) in [4.78, 5) is 20.2. The molecule has 5 heteroatoms. The summed E-state index contributed by atoms with van der Waals surface area (Å²) < 4.78 is 11.0. The lowest BCUT2D eigenvalue weighted by molar-refractivity contribution is 0.371. The maximum absolute atomic E-state index is 11.0. The first-order valence-corrected chi connectivity index (χ1v) is 8.61. The van der Waals surface area contributed by atoms with Crippen molar-refractivity contribution in [1.29, 1.82) is 0 Å². The molecule has 1 aromatic carbocycles. The molecule has 0 bridgehead atoms. The maximum atomic E-state index is 11.0. The number of anilines is 1. The zero-order valence-electron chi connectivity index (χ0n) is 11.1. The molecular weight excluding hydrogens is 273 g/mol. The molecule has 0 amide bonds. The molecule has 0 fully saturated rings. The summed E-state index contributed by atoms with van der Waals surface area (Å²) in [5, 5.41) is 0. The van der Waals surface area contributed by atoms with E-state index in [9.17, 15) is 4.57 Å². The van der Waals surface area contributed by atoms with Gasteiger partial charge < -0.3 is 14.7 Å². The third-order valence-electron chi connectivity index (χ3n) is 3.92. The molecule has 106 valence electrons. The Labute approximate surface area is 118 Å². The first-order valence-electron chi connectivity index (χ1n) is 6.81. The standard InChI is InChI=1S/C15H18NO3P/c17-20(18,19)11-5-10-16-14-8-3-1-6-12(14)13-7-2-4-9-15(13)16/h1-4,6-9,12,14H,5,10-11H2,(H2,17,18,19). The Bertz CT molecular complexity index is 605. The van der Waals surface area contributed by atoms with Gasteiger partial charge in [-0.05, 0) is 18.1 Å². The molecular formula is C15H18NO3P. The summed E-state index contributed by atoms with van der Waals surface area (Å²) >= 11 is 0. The van der Waals surface area contributed by atoms with Crippen LogP contribution in [0.25, 0.3) is 0 Å². The van der Waals surface area contributed by atoms with E-state index in [0.29, 0.717) is 18.9 Å². The normalized spacial score (nSPS) is 23.8. The van der Waals surface area contributed by atoms with Crippen molar-refractivity contribution >= 4 is 13.3 Å². The molecule has 1 aliphatic heterocycles. The van der Waals surface area contributed by atoms with Gasteiger partial charge in [0.05, 0.1) is 12.2 Å². The molecule has 2 N–H and O–H groups in total. The van der Waals surface area contributed by atoms with Crippen LogP contribution in [0.3, 0.4) is 0 Å². The molecule has 3 rings (SSSR count). The van der Waals surface area contributed by atoms with Crippen LogP contribution >= 0.6 is 7.60 Å². The highest BCUT2D eigenvalue weighted by atomic mass is 31.2. The van der Waals surface area contributed by atoms with E-state index >= 15 is 0 Å². The molecule has 0 spiro atoms. The number of rotatable bonds is 4. The molecule has 4 nitrogen and oxygen atoms in total. The summed E-state index contributed by atoms with van der Waals surface area (Å²) in [5.74, 6) is 0.353. The summed E-state index contributed by atoms with van der Waals surface area (Å²) in [6.07, 6.45) is 8.93. The van der Waals surface area contributed by atoms with Crippen LogP contribution in [-0.4, -0.2) is 28.5 Å². The number of nitrogens with zero attached hydrogens (tertiary/aromatic N) is 1. The van der Waals surface area contributed by atoms with Crippen LogP contribution in [0.15, 0.2) is 48.6 Å². The Morgan fingerprint density at radius 1 is 1.15 bits per heavy atom. The van der Waals surface area contributed by atoms with Crippen LogP contribution in [-0.2, 0) is 4.57 Å². The second kappa shape index (κ2) is 5.21. The lowest BCUT2D eigenvalue weighted by atomic mass is 9.91. The predicted molar refractivity (Wildman–Crippen MR) is 80.1 cm³/mol. The quantitative estimate of drug-likeness (QED) is 0.837. The highest BCUT2D eigenvalue weighted by molar-refractivity contribution is 7.51. The van der Waals surface area contributed by atoms with Gasteiger partial charge >= 0.3 is 7.60 Å². The van der Waals surface area contributed by atoms with Gasteiger partial charge in [-0.3, -0.25) is 4.57 Å². The van der Waals surface area contributed by atoms with Crippen molar-refractivity contribution in [1.82, 2.24) is 0 Å². The Morgan fingerprint density at radius 3 is 2.70 bits per heavy atom. The van der Waals surface area contributed by atoms with E-state index in [1.807, 2.05) is 18.2 Å². The van der Waals surface area contributed by atoms with Gasteiger partial charge in [0.15, 0.2) is 0 Å². The molecule has 2 unspecified atom stereocenters. The molecule has 0 radical (unpaired) electrons. The van der Waals surface area contributed by atoms with Crippen molar-refractivity contribution in [2.45, 2.75) is 18.4 Å². The lowest BCUT2D eigenvalue weighted by Crippen LogP contribution is -2.34. The average Bonchev–Trinajstić information content (AvgIpc) is 2.73. The third-order valence-corrected chi connectivity index (χ3v) is 4.82. The van der Waals surface area contributed by atoms with Crippen molar-refractivity contribution < 1.29 is 14.4 Å². The molecule has 2 aliphatic rings. The topological polar surface area (TPSA) is 60.8 Å². The minimum atomic E-state index is -3.90. The Kier molecular flexibility index (Phi) is 3.55. The van der Waals surface area contributed by atoms with Crippen LogP contribution in [0.5, 0.6) is 0 Å². The molecule has 0 saturated carbocycles. The largest absolute Gasteiger partial charge is 0.364 e. The fourth-order valence-corrected chi connectivity index (χ4v) is 3.64. The summed E-state index contributed by atoms with van der Waals surface area (Å²) in [5.41, 5.74) is 2.48. The number of fused-ring (bicyclic) bond motifs is 3. The fourth-order valence-electron chi connectivity index (χ4n) is 3.09. The van der Waals surface area contributed by atoms with Crippen LogP contribution in [0.4, 0.5) is 5.69 Å². The van der Waals surface area contributed by atoms with Crippen molar-refractivity contribution in [2.75, 3.05) is 17.6 Å². The Balaban J connectivity index is 1.81. The monoisotopic (exact) mass is 291 g/mol. The number of hydrogen-bond acceptors (Lipinski definition) is 2. The molecule has 1 aromatic rings. The minimum absolute atomic E-state index is 0.0530. The highest BCUT2D eigenvalue weighted by Crippen LogP contribution is 2.44. The van der Waals surface area contributed by atoms with Gasteiger partial charge in [-0.2, -0.15) is 0 Å². The SMILES string of the molecule is O=P(O)(O)CCCN1c2ccccc2C2C=CC=CC21. The van der Waals surface area contributed by atoms with E-state index < -0.39 is 7.60 Å². The van der Waals surface area contributed by atoms with Crippen LogP contribution in [0.2, 0.25) is 0 Å². The first-order chi connectivity index (χ1) is 9.56. The minimum Gasteiger partial charge on any atom is -0.364 e. The summed E-state index contributed by atoms with van der Waals surface area (Å²) in [6, 6.07) is 8.56. The second-order valence-electron chi connectivity index (χ2n) is 5.28.